The molecule has 0 radical (unpaired) electrons. The molecule has 1 amide bonds. The van der Waals surface area contributed by atoms with Crippen LogP contribution in [-0.4, -0.2) is 37.0 Å². The number of amides is 1. The van der Waals surface area contributed by atoms with Gasteiger partial charge in [0.15, 0.2) is 0 Å². The van der Waals surface area contributed by atoms with E-state index in [0.29, 0.717) is 6.04 Å². The Kier molecular flexibility index (Phi) is 3.02. The van der Waals surface area contributed by atoms with Gasteiger partial charge in [-0.2, -0.15) is 0 Å². The predicted molar refractivity (Wildman–Crippen MR) is 59.8 cm³/mol. The molecule has 1 aliphatic rings. The van der Waals surface area contributed by atoms with Crippen molar-refractivity contribution in [3.63, 3.8) is 0 Å². The first-order valence-corrected chi connectivity index (χ1v) is 5.32. The first-order chi connectivity index (χ1) is 7.29. The van der Waals surface area contributed by atoms with Crippen LogP contribution in [-0.2, 0) is 0 Å². The van der Waals surface area contributed by atoms with Gasteiger partial charge in [-0.05, 0) is 25.1 Å². The maximum Gasteiger partial charge on any atom is 0.253 e. The van der Waals surface area contributed by atoms with Crippen molar-refractivity contribution in [2.24, 2.45) is 0 Å². The molecule has 1 saturated heterocycles. The minimum absolute atomic E-state index is 0.115. The van der Waals surface area contributed by atoms with Gasteiger partial charge in [0.1, 0.15) is 0 Å². The molecule has 0 spiro atoms. The van der Waals surface area contributed by atoms with E-state index in [1.807, 2.05) is 42.3 Å². The van der Waals surface area contributed by atoms with E-state index in [9.17, 15) is 4.79 Å². The molecule has 15 heavy (non-hydrogen) atoms. The molecule has 0 bridgehead atoms. The number of carbonyl (C=O) groups is 1. The average Bonchev–Trinajstić information content (AvgIpc) is 2.82. The highest BCUT2D eigenvalue weighted by atomic mass is 16.2. The van der Waals surface area contributed by atoms with Crippen molar-refractivity contribution >= 4 is 5.91 Å². The van der Waals surface area contributed by atoms with Gasteiger partial charge in [-0.3, -0.25) is 4.79 Å². The smallest absolute Gasteiger partial charge is 0.253 e. The number of rotatable bonds is 2. The van der Waals surface area contributed by atoms with Crippen LogP contribution < -0.4 is 5.32 Å². The first kappa shape index (κ1) is 10.2. The Bertz CT molecular complexity index is 331. The summed E-state index contributed by atoms with van der Waals surface area (Å²) in [5.74, 6) is 0.115. The van der Waals surface area contributed by atoms with E-state index in [4.69, 9.17) is 0 Å². The Hall–Kier alpha value is -1.35. The summed E-state index contributed by atoms with van der Waals surface area (Å²) in [7, 11) is 1.88. The molecule has 1 atom stereocenters. The van der Waals surface area contributed by atoms with E-state index in [-0.39, 0.29) is 5.91 Å². The summed E-state index contributed by atoms with van der Waals surface area (Å²) in [4.78, 5) is 13.9. The fourth-order valence-electron chi connectivity index (χ4n) is 1.92. The zero-order chi connectivity index (χ0) is 10.7. The minimum atomic E-state index is 0.115. The van der Waals surface area contributed by atoms with Crippen molar-refractivity contribution < 1.29 is 4.79 Å². The molecular weight excluding hydrogens is 188 g/mol. The average molecular weight is 204 g/mol. The van der Waals surface area contributed by atoms with Crippen LogP contribution in [0.25, 0.3) is 0 Å². The van der Waals surface area contributed by atoms with E-state index in [0.717, 1.165) is 25.1 Å². The van der Waals surface area contributed by atoms with Crippen molar-refractivity contribution in [3.05, 3.63) is 35.9 Å². The molecule has 1 heterocycles. The van der Waals surface area contributed by atoms with Gasteiger partial charge in [0, 0.05) is 25.2 Å². The second-order valence-corrected chi connectivity index (χ2v) is 3.93. The predicted octanol–water partition coefficient (Wildman–Crippen LogP) is 1.12. The van der Waals surface area contributed by atoms with Crippen LogP contribution in [0.3, 0.4) is 0 Å². The molecule has 0 unspecified atom stereocenters. The lowest BCUT2D eigenvalue weighted by Crippen LogP contribution is -2.38. The molecule has 0 aliphatic carbocycles. The quantitative estimate of drug-likeness (QED) is 0.783. The lowest BCUT2D eigenvalue weighted by Gasteiger charge is -2.23. The van der Waals surface area contributed by atoms with Crippen molar-refractivity contribution in [3.8, 4) is 0 Å². The Morgan fingerprint density at radius 1 is 1.40 bits per heavy atom. The number of benzene rings is 1. The molecule has 3 heteroatoms. The molecule has 1 aromatic carbocycles. The molecule has 2 rings (SSSR count). The summed E-state index contributed by atoms with van der Waals surface area (Å²) < 4.78 is 0. The fourth-order valence-corrected chi connectivity index (χ4v) is 1.92. The van der Waals surface area contributed by atoms with Gasteiger partial charge >= 0.3 is 0 Å². The third kappa shape index (κ3) is 2.18. The van der Waals surface area contributed by atoms with E-state index >= 15 is 0 Å². The number of nitrogens with zero attached hydrogens (tertiary/aromatic N) is 1. The number of nitrogens with one attached hydrogen (secondary N) is 1. The van der Waals surface area contributed by atoms with Gasteiger partial charge in [-0.15, -0.1) is 0 Å². The molecule has 0 aromatic heterocycles. The first-order valence-electron chi connectivity index (χ1n) is 5.32. The van der Waals surface area contributed by atoms with Gasteiger partial charge in [0.05, 0.1) is 0 Å². The second-order valence-electron chi connectivity index (χ2n) is 3.93. The molecular formula is C12H16N2O. The Balaban J connectivity index is 2.07. The maximum absolute atomic E-state index is 12.0. The molecule has 3 nitrogen and oxygen atoms in total. The molecule has 80 valence electrons. The van der Waals surface area contributed by atoms with Crippen LogP contribution in [0.1, 0.15) is 16.8 Å². The summed E-state index contributed by atoms with van der Waals surface area (Å²) in [5, 5.41) is 3.27. The lowest BCUT2D eigenvalue weighted by atomic mass is 10.1. The van der Waals surface area contributed by atoms with E-state index < -0.39 is 0 Å². The van der Waals surface area contributed by atoms with E-state index in [2.05, 4.69) is 5.32 Å². The summed E-state index contributed by atoms with van der Waals surface area (Å²) in [5.41, 5.74) is 0.770. The summed E-state index contributed by atoms with van der Waals surface area (Å²) >= 11 is 0. The number of hydrogen-bond acceptors (Lipinski definition) is 2. The van der Waals surface area contributed by atoms with Gasteiger partial charge in [0.25, 0.3) is 5.91 Å². The van der Waals surface area contributed by atoms with Crippen LogP contribution in [0.2, 0.25) is 0 Å². The Morgan fingerprint density at radius 3 is 2.73 bits per heavy atom. The van der Waals surface area contributed by atoms with Gasteiger partial charge in [-0.1, -0.05) is 18.2 Å². The van der Waals surface area contributed by atoms with E-state index in [1.165, 1.54) is 0 Å². The molecule has 1 aliphatic heterocycles. The third-order valence-corrected chi connectivity index (χ3v) is 2.92. The second kappa shape index (κ2) is 4.45. The van der Waals surface area contributed by atoms with Crippen molar-refractivity contribution in [1.82, 2.24) is 10.2 Å². The maximum atomic E-state index is 12.0. The van der Waals surface area contributed by atoms with Crippen LogP contribution in [0.15, 0.2) is 30.3 Å². The molecule has 1 N–H and O–H groups in total. The van der Waals surface area contributed by atoms with Crippen molar-refractivity contribution in [2.45, 2.75) is 12.5 Å². The standard InChI is InChI=1S/C12H16N2O/c1-14(11-7-8-13-9-11)12(15)10-5-3-2-4-6-10/h2-6,11,13H,7-9H2,1H3/t11-/m0/s1. The van der Waals surface area contributed by atoms with E-state index in [1.54, 1.807) is 0 Å². The fraction of sp³-hybridized carbons (Fsp3) is 0.417. The minimum Gasteiger partial charge on any atom is -0.337 e. The van der Waals surface area contributed by atoms with Gasteiger partial charge < -0.3 is 10.2 Å². The molecule has 1 aromatic rings. The number of carbonyl (C=O) groups excluding carboxylic acids is 1. The monoisotopic (exact) mass is 204 g/mol. The van der Waals surface area contributed by atoms with Crippen LogP contribution >= 0.6 is 0 Å². The SMILES string of the molecule is CN(C(=O)c1ccccc1)[C@H]1CCNC1. The third-order valence-electron chi connectivity index (χ3n) is 2.92. The Morgan fingerprint density at radius 2 is 2.13 bits per heavy atom. The van der Waals surface area contributed by atoms with Crippen molar-refractivity contribution in [2.75, 3.05) is 20.1 Å². The van der Waals surface area contributed by atoms with Crippen LogP contribution in [0, 0.1) is 0 Å². The number of hydrogen-bond donors (Lipinski definition) is 1. The Labute approximate surface area is 90.1 Å². The number of likely N-dealkylation sites (N-methyl/N-ethyl adjacent to an activating group) is 1. The summed E-state index contributed by atoms with van der Waals surface area (Å²) in [6.07, 6.45) is 1.05. The van der Waals surface area contributed by atoms with Crippen molar-refractivity contribution in [1.29, 1.82) is 0 Å². The highest BCUT2D eigenvalue weighted by Crippen LogP contribution is 2.10. The van der Waals surface area contributed by atoms with Crippen LogP contribution in [0.5, 0.6) is 0 Å². The lowest BCUT2D eigenvalue weighted by molar-refractivity contribution is 0.0744. The molecule has 1 fully saturated rings. The van der Waals surface area contributed by atoms with Gasteiger partial charge in [0.2, 0.25) is 0 Å². The highest BCUT2D eigenvalue weighted by Gasteiger charge is 2.23. The zero-order valence-corrected chi connectivity index (χ0v) is 8.94. The zero-order valence-electron chi connectivity index (χ0n) is 8.94. The largest absolute Gasteiger partial charge is 0.337 e. The highest BCUT2D eigenvalue weighted by molar-refractivity contribution is 5.94. The van der Waals surface area contributed by atoms with Crippen LogP contribution in [0.4, 0.5) is 0 Å². The normalized spacial score (nSPS) is 20.2. The summed E-state index contributed by atoms with van der Waals surface area (Å²) in [6, 6.07) is 9.79. The summed E-state index contributed by atoms with van der Waals surface area (Å²) in [6.45, 7) is 1.92. The molecule has 0 saturated carbocycles. The topological polar surface area (TPSA) is 32.3 Å². The van der Waals surface area contributed by atoms with Gasteiger partial charge in [-0.25, -0.2) is 0 Å².